The van der Waals surface area contributed by atoms with Gasteiger partial charge in [0, 0.05) is 40.3 Å². The molecule has 1 heterocycles. The fourth-order valence-corrected chi connectivity index (χ4v) is 2.66. The Bertz CT molecular complexity index is 404. The van der Waals surface area contributed by atoms with E-state index in [1.165, 1.54) is 14.2 Å². The van der Waals surface area contributed by atoms with E-state index in [1.54, 1.807) is 0 Å². The maximum absolute atomic E-state index is 11.9. The number of nitrogens with one attached hydrogen (secondary N) is 1. The zero-order chi connectivity index (χ0) is 14.5. The fraction of sp³-hybridized carbons (Fsp3) is 0.900. The second-order valence-corrected chi connectivity index (χ2v) is 6.34. The molecule has 8 nitrogen and oxygen atoms in total. The summed E-state index contributed by atoms with van der Waals surface area (Å²) in [5.41, 5.74) is -0.638. The molecular formula is C10H20N2O6S. The molecule has 0 saturated carbocycles. The molecule has 0 radical (unpaired) electrons. The molecule has 0 aromatic carbocycles. The normalized spacial score (nSPS) is 23.9. The molecule has 0 bridgehead atoms. The van der Waals surface area contributed by atoms with Gasteiger partial charge in [-0.2, -0.15) is 17.4 Å². The summed E-state index contributed by atoms with van der Waals surface area (Å²) in [6.45, 7) is 0.889. The van der Waals surface area contributed by atoms with Gasteiger partial charge in [-0.15, -0.1) is 0 Å². The fourth-order valence-electron chi connectivity index (χ4n) is 1.67. The molecule has 2 N–H and O–H groups in total. The van der Waals surface area contributed by atoms with Gasteiger partial charge < -0.3 is 14.6 Å². The standard InChI is InChI=1S/C10H20N2O6S/c1-12(5-3-9(13)14)19(15,16)11-7-10(17-2)4-6-18-8-10/h11H,3-8H2,1-2H3,(H,13,14). The van der Waals surface area contributed by atoms with Gasteiger partial charge in [0.15, 0.2) is 0 Å². The summed E-state index contributed by atoms with van der Waals surface area (Å²) in [4.78, 5) is 10.4. The lowest BCUT2D eigenvalue weighted by Crippen LogP contribution is -2.48. The lowest BCUT2D eigenvalue weighted by atomic mass is 10.0. The van der Waals surface area contributed by atoms with Crippen LogP contribution in [-0.4, -0.2) is 69.9 Å². The van der Waals surface area contributed by atoms with Gasteiger partial charge in [0.1, 0.15) is 5.60 Å². The molecule has 0 amide bonds. The summed E-state index contributed by atoms with van der Waals surface area (Å²) >= 11 is 0. The molecule has 1 atom stereocenters. The second-order valence-electron chi connectivity index (χ2n) is 4.48. The van der Waals surface area contributed by atoms with Gasteiger partial charge in [0.25, 0.3) is 10.2 Å². The Hall–Kier alpha value is -0.740. The summed E-state index contributed by atoms with van der Waals surface area (Å²) in [5, 5.41) is 8.53. The summed E-state index contributed by atoms with van der Waals surface area (Å²) in [7, 11) is -0.867. The number of aliphatic carboxylic acids is 1. The Balaban J connectivity index is 2.52. The van der Waals surface area contributed by atoms with Crippen LogP contribution in [0.3, 0.4) is 0 Å². The van der Waals surface area contributed by atoms with Crippen molar-refractivity contribution in [3.05, 3.63) is 0 Å². The van der Waals surface area contributed by atoms with E-state index in [1.807, 2.05) is 0 Å². The molecule has 19 heavy (non-hydrogen) atoms. The van der Waals surface area contributed by atoms with Crippen LogP contribution in [-0.2, 0) is 24.5 Å². The van der Waals surface area contributed by atoms with Crippen LogP contribution in [0.4, 0.5) is 0 Å². The minimum absolute atomic E-state index is 0.0822. The van der Waals surface area contributed by atoms with Crippen molar-refractivity contribution in [3.8, 4) is 0 Å². The number of rotatable bonds is 8. The van der Waals surface area contributed by atoms with Gasteiger partial charge in [-0.1, -0.05) is 0 Å². The third-order valence-electron chi connectivity index (χ3n) is 3.13. The first kappa shape index (κ1) is 16.3. The number of nitrogens with zero attached hydrogens (tertiary/aromatic N) is 1. The largest absolute Gasteiger partial charge is 0.481 e. The highest BCUT2D eigenvalue weighted by Crippen LogP contribution is 2.21. The summed E-state index contributed by atoms with van der Waals surface area (Å²) in [5.74, 6) is -1.04. The Kier molecular flexibility index (Phi) is 5.68. The molecule has 9 heteroatoms. The highest BCUT2D eigenvalue weighted by atomic mass is 32.2. The first-order valence-electron chi connectivity index (χ1n) is 5.87. The monoisotopic (exact) mass is 296 g/mol. The van der Waals surface area contributed by atoms with Gasteiger partial charge >= 0.3 is 5.97 Å². The summed E-state index contributed by atoms with van der Waals surface area (Å²) in [6.07, 6.45) is 0.376. The van der Waals surface area contributed by atoms with E-state index >= 15 is 0 Å². The van der Waals surface area contributed by atoms with Gasteiger partial charge in [-0.3, -0.25) is 4.79 Å². The predicted molar refractivity (Wildman–Crippen MR) is 67.0 cm³/mol. The molecule has 112 valence electrons. The summed E-state index contributed by atoms with van der Waals surface area (Å²) in [6, 6.07) is 0. The first-order valence-corrected chi connectivity index (χ1v) is 7.31. The Morgan fingerprint density at radius 1 is 1.58 bits per heavy atom. The van der Waals surface area contributed by atoms with Crippen LogP contribution >= 0.6 is 0 Å². The molecule has 1 saturated heterocycles. The maximum atomic E-state index is 11.9. The smallest absolute Gasteiger partial charge is 0.304 e. The third kappa shape index (κ3) is 4.69. The van der Waals surface area contributed by atoms with E-state index < -0.39 is 21.8 Å². The molecule has 0 aliphatic carbocycles. The van der Waals surface area contributed by atoms with E-state index in [4.69, 9.17) is 14.6 Å². The van der Waals surface area contributed by atoms with Crippen LogP contribution in [0.15, 0.2) is 0 Å². The van der Waals surface area contributed by atoms with E-state index in [0.29, 0.717) is 19.6 Å². The Morgan fingerprint density at radius 3 is 2.74 bits per heavy atom. The SMILES string of the molecule is COC1(CNS(=O)(=O)N(C)CCC(=O)O)CCOC1. The molecule has 1 aliphatic rings. The van der Waals surface area contributed by atoms with Gasteiger partial charge in [0.05, 0.1) is 13.0 Å². The topological polar surface area (TPSA) is 105 Å². The number of hydrogen-bond donors (Lipinski definition) is 2. The van der Waals surface area contributed by atoms with E-state index in [-0.39, 0.29) is 19.5 Å². The quantitative estimate of drug-likeness (QED) is 0.597. The van der Waals surface area contributed by atoms with Crippen LogP contribution in [0, 0.1) is 0 Å². The van der Waals surface area contributed by atoms with Crippen molar-refractivity contribution >= 4 is 16.2 Å². The second kappa shape index (κ2) is 6.62. The molecular weight excluding hydrogens is 276 g/mol. The molecule has 0 aromatic rings. The highest BCUT2D eigenvalue weighted by molar-refractivity contribution is 7.87. The molecule has 1 fully saturated rings. The summed E-state index contributed by atoms with van der Waals surface area (Å²) < 4.78 is 37.7. The van der Waals surface area contributed by atoms with Crippen LogP contribution < -0.4 is 4.72 Å². The predicted octanol–water partition coefficient (Wildman–Crippen LogP) is -0.967. The zero-order valence-electron chi connectivity index (χ0n) is 11.1. The molecule has 0 aromatic heterocycles. The van der Waals surface area contributed by atoms with Crippen molar-refractivity contribution in [1.82, 2.24) is 9.03 Å². The molecule has 1 unspecified atom stereocenters. The van der Waals surface area contributed by atoms with Crippen LogP contribution in [0.1, 0.15) is 12.8 Å². The van der Waals surface area contributed by atoms with Gasteiger partial charge in [-0.25, -0.2) is 0 Å². The maximum Gasteiger partial charge on any atom is 0.304 e. The number of hydrogen-bond acceptors (Lipinski definition) is 5. The van der Waals surface area contributed by atoms with Gasteiger partial charge in [-0.05, 0) is 0 Å². The Morgan fingerprint density at radius 2 is 2.26 bits per heavy atom. The van der Waals surface area contributed by atoms with Crippen molar-refractivity contribution in [2.45, 2.75) is 18.4 Å². The van der Waals surface area contributed by atoms with E-state index in [9.17, 15) is 13.2 Å². The van der Waals surface area contributed by atoms with Crippen LogP contribution in [0.5, 0.6) is 0 Å². The van der Waals surface area contributed by atoms with Crippen LogP contribution in [0.25, 0.3) is 0 Å². The number of carboxylic acid groups (broad SMARTS) is 1. The average Bonchev–Trinajstić information content (AvgIpc) is 2.83. The molecule has 0 spiro atoms. The van der Waals surface area contributed by atoms with Crippen molar-refractivity contribution in [2.24, 2.45) is 0 Å². The number of methoxy groups -OCH3 is 1. The van der Waals surface area contributed by atoms with Crippen molar-refractivity contribution in [1.29, 1.82) is 0 Å². The average molecular weight is 296 g/mol. The molecule has 1 aliphatic heterocycles. The zero-order valence-corrected chi connectivity index (χ0v) is 11.9. The number of ether oxygens (including phenoxy) is 2. The van der Waals surface area contributed by atoms with Crippen molar-refractivity contribution in [2.75, 3.05) is 40.5 Å². The van der Waals surface area contributed by atoms with Crippen molar-refractivity contribution < 1.29 is 27.8 Å². The van der Waals surface area contributed by atoms with E-state index in [0.717, 1.165) is 4.31 Å². The number of carbonyl (C=O) groups is 1. The minimum Gasteiger partial charge on any atom is -0.481 e. The van der Waals surface area contributed by atoms with Gasteiger partial charge in [0.2, 0.25) is 0 Å². The first-order chi connectivity index (χ1) is 8.81. The molecule has 1 rings (SSSR count). The number of carboxylic acids is 1. The third-order valence-corrected chi connectivity index (χ3v) is 4.64. The Labute approximate surface area is 112 Å². The highest BCUT2D eigenvalue weighted by Gasteiger charge is 2.36. The van der Waals surface area contributed by atoms with Crippen LogP contribution in [0.2, 0.25) is 0 Å². The lowest BCUT2D eigenvalue weighted by molar-refractivity contribution is -0.137. The van der Waals surface area contributed by atoms with Crippen molar-refractivity contribution in [3.63, 3.8) is 0 Å². The lowest BCUT2D eigenvalue weighted by Gasteiger charge is -2.27. The van der Waals surface area contributed by atoms with E-state index in [2.05, 4.69) is 4.72 Å². The minimum atomic E-state index is -3.71.